The molecule has 0 amide bonds. The van der Waals surface area contributed by atoms with Crippen molar-refractivity contribution in [1.82, 2.24) is 9.97 Å². The van der Waals surface area contributed by atoms with E-state index in [1.807, 2.05) is 6.92 Å². The van der Waals surface area contributed by atoms with E-state index < -0.39 is 0 Å². The largest absolute Gasteiger partial charge is 0.263 e. The minimum absolute atomic E-state index is 0.924. The second-order valence-electron chi connectivity index (χ2n) is 2.17. The fourth-order valence-corrected chi connectivity index (χ4v) is 0.948. The van der Waals surface area contributed by atoms with Crippen LogP contribution in [0.2, 0.25) is 0 Å². The van der Waals surface area contributed by atoms with Crippen molar-refractivity contribution in [2.24, 2.45) is 5.10 Å². The predicted molar refractivity (Wildman–Crippen MR) is 35.8 cm³/mol. The molecule has 1 aliphatic rings. The predicted octanol–water partition coefficient (Wildman–Crippen LogP) is -0.591. The highest BCUT2D eigenvalue weighted by molar-refractivity contribution is 6.01. The fourth-order valence-electron chi connectivity index (χ4n) is 0.948. The summed E-state index contributed by atoms with van der Waals surface area (Å²) >= 11 is 0. The zero-order valence-corrected chi connectivity index (χ0v) is 5.57. The van der Waals surface area contributed by atoms with Crippen LogP contribution >= 0.6 is 0 Å². The molecule has 4 heteroatoms. The van der Waals surface area contributed by atoms with Gasteiger partial charge in [0.1, 0.15) is 17.6 Å². The van der Waals surface area contributed by atoms with Crippen LogP contribution in [0.5, 0.6) is 0 Å². The van der Waals surface area contributed by atoms with Gasteiger partial charge in [-0.15, -0.1) is 0 Å². The van der Waals surface area contributed by atoms with E-state index in [0.29, 0.717) is 0 Å². The third kappa shape index (κ3) is 0.625. The maximum absolute atomic E-state index is 4.09. The van der Waals surface area contributed by atoms with Crippen molar-refractivity contribution in [1.29, 1.82) is 0 Å². The van der Waals surface area contributed by atoms with Gasteiger partial charge in [0.2, 0.25) is 0 Å². The van der Waals surface area contributed by atoms with E-state index in [9.17, 15) is 0 Å². The van der Waals surface area contributed by atoms with Crippen molar-refractivity contribution < 1.29 is 5.43 Å². The summed E-state index contributed by atoms with van der Waals surface area (Å²) in [4.78, 5) is 7.92. The summed E-state index contributed by atoms with van der Waals surface area (Å²) in [5.74, 6) is 0.924. The Balaban J connectivity index is 2.61. The molecule has 1 aliphatic heterocycles. The number of nitrogens with zero attached hydrogens (tertiary/aromatic N) is 3. The van der Waals surface area contributed by atoms with Crippen molar-refractivity contribution in [3.8, 4) is 0 Å². The molecule has 0 saturated heterocycles. The average molecular weight is 135 g/mol. The molecular weight excluding hydrogens is 128 g/mol. The Morgan fingerprint density at radius 1 is 1.50 bits per heavy atom. The first kappa shape index (κ1) is 5.49. The highest BCUT2D eigenvalue weighted by Crippen LogP contribution is 2.08. The lowest BCUT2D eigenvalue weighted by Crippen LogP contribution is -2.70. The Morgan fingerprint density at radius 2 is 2.40 bits per heavy atom. The van der Waals surface area contributed by atoms with Crippen LogP contribution in [-0.4, -0.2) is 15.7 Å². The molecule has 10 heavy (non-hydrogen) atoms. The fraction of sp³-hybridized carbons (Fsp3) is 0.167. The van der Waals surface area contributed by atoms with E-state index in [1.54, 1.807) is 11.6 Å². The Kier molecular flexibility index (Phi) is 1.01. The van der Waals surface area contributed by atoms with E-state index in [4.69, 9.17) is 0 Å². The first-order chi connectivity index (χ1) is 4.88. The van der Waals surface area contributed by atoms with Crippen molar-refractivity contribution in [2.75, 3.05) is 0 Å². The Morgan fingerprint density at radius 3 is 3.20 bits per heavy atom. The van der Waals surface area contributed by atoms with Crippen molar-refractivity contribution in [3.63, 3.8) is 0 Å². The van der Waals surface area contributed by atoms with Gasteiger partial charge in [-0.1, -0.05) is 5.10 Å². The number of aromatic nitrogens is 2. The quantitative estimate of drug-likeness (QED) is 0.483. The van der Waals surface area contributed by atoms with Crippen LogP contribution in [0.4, 0.5) is 5.82 Å². The normalized spacial score (nSPS) is 14.7. The van der Waals surface area contributed by atoms with Gasteiger partial charge in [-0.3, -0.25) is 0 Å². The summed E-state index contributed by atoms with van der Waals surface area (Å²) in [6.07, 6.45) is 3.31. The summed E-state index contributed by atoms with van der Waals surface area (Å²) in [7, 11) is 0. The molecule has 1 aromatic heterocycles. The van der Waals surface area contributed by atoms with Gasteiger partial charge in [0.25, 0.3) is 5.82 Å². The number of nitrogens with two attached hydrogens (primary N) is 1. The molecule has 4 nitrogen and oxygen atoms in total. The average Bonchev–Trinajstić information content (AvgIpc) is 2.34. The van der Waals surface area contributed by atoms with E-state index in [-0.39, 0.29) is 0 Å². The van der Waals surface area contributed by atoms with Crippen LogP contribution in [0.25, 0.3) is 0 Å². The maximum atomic E-state index is 4.09. The minimum atomic E-state index is 0.924. The van der Waals surface area contributed by atoms with Crippen LogP contribution in [0.3, 0.4) is 0 Å². The van der Waals surface area contributed by atoms with Crippen molar-refractivity contribution in [2.45, 2.75) is 6.92 Å². The molecule has 0 bridgehead atoms. The molecule has 0 spiro atoms. The lowest BCUT2D eigenvalue weighted by Gasteiger charge is -1.87. The smallest absolute Gasteiger partial charge is 0.244 e. The van der Waals surface area contributed by atoms with Gasteiger partial charge >= 0.3 is 0 Å². The third-order valence-electron chi connectivity index (χ3n) is 1.51. The molecule has 0 saturated carbocycles. The first-order valence-corrected chi connectivity index (χ1v) is 3.06. The standard InChI is InChI=1S/C6H6N4/c1-4-5-2-7-3-8-6(5)10-9-4/h2-3H,1H3,(H,7,8,9,10)/p+1. The maximum Gasteiger partial charge on any atom is 0.263 e. The Hall–Kier alpha value is -1.29. The molecule has 50 valence electrons. The second kappa shape index (κ2) is 1.85. The lowest BCUT2D eigenvalue weighted by atomic mass is 10.2. The minimum Gasteiger partial charge on any atom is -0.244 e. The highest BCUT2D eigenvalue weighted by atomic mass is 15.3. The summed E-state index contributed by atoms with van der Waals surface area (Å²) < 4.78 is 0. The zero-order valence-electron chi connectivity index (χ0n) is 5.57. The number of rotatable bonds is 0. The van der Waals surface area contributed by atoms with Crippen molar-refractivity contribution >= 4 is 11.5 Å². The van der Waals surface area contributed by atoms with Crippen LogP contribution in [0.1, 0.15) is 12.5 Å². The van der Waals surface area contributed by atoms with Gasteiger partial charge in [0, 0.05) is 6.20 Å². The molecule has 2 heterocycles. The molecule has 0 unspecified atom stereocenters. The summed E-state index contributed by atoms with van der Waals surface area (Å²) in [5.41, 5.74) is 3.80. The summed E-state index contributed by atoms with van der Waals surface area (Å²) in [5, 5.41) is 4.09. The lowest BCUT2D eigenvalue weighted by molar-refractivity contribution is -0.577. The first-order valence-electron chi connectivity index (χ1n) is 3.06. The van der Waals surface area contributed by atoms with Crippen LogP contribution in [-0.2, 0) is 0 Å². The molecule has 0 radical (unpaired) electrons. The van der Waals surface area contributed by atoms with Crippen LogP contribution < -0.4 is 5.43 Å². The topological polar surface area (TPSA) is 54.8 Å². The molecule has 2 N–H and O–H groups in total. The van der Waals surface area contributed by atoms with Gasteiger partial charge in [0.15, 0.2) is 0 Å². The number of hydrogen-bond acceptors (Lipinski definition) is 3. The third-order valence-corrected chi connectivity index (χ3v) is 1.51. The highest BCUT2D eigenvalue weighted by Gasteiger charge is 2.17. The SMILES string of the molecule is CC1=N[NH2+]c2ncncc21. The zero-order chi connectivity index (χ0) is 6.97. The van der Waals surface area contributed by atoms with Crippen molar-refractivity contribution in [3.05, 3.63) is 18.1 Å². The monoisotopic (exact) mass is 135 g/mol. The van der Waals surface area contributed by atoms with Gasteiger partial charge in [0.05, 0.1) is 0 Å². The molecular formula is C6H7N4+. The molecule has 0 fully saturated rings. The van der Waals surface area contributed by atoms with Gasteiger partial charge in [-0.25, -0.2) is 4.98 Å². The van der Waals surface area contributed by atoms with Gasteiger partial charge in [-0.05, 0) is 6.92 Å². The second-order valence-corrected chi connectivity index (χ2v) is 2.17. The summed E-state index contributed by atoms with van der Waals surface area (Å²) in [6, 6.07) is 0. The molecule has 0 atom stereocenters. The summed E-state index contributed by atoms with van der Waals surface area (Å²) in [6.45, 7) is 1.95. The van der Waals surface area contributed by atoms with E-state index in [1.165, 1.54) is 6.33 Å². The molecule has 0 aromatic carbocycles. The number of hydrogen-bond donors (Lipinski definition) is 1. The van der Waals surface area contributed by atoms with Crippen LogP contribution in [0, 0.1) is 0 Å². The Labute approximate surface area is 58.0 Å². The van der Waals surface area contributed by atoms with Gasteiger partial charge < -0.3 is 0 Å². The number of fused-ring (bicyclic) bond motifs is 1. The van der Waals surface area contributed by atoms with E-state index in [2.05, 4.69) is 15.1 Å². The molecule has 2 rings (SSSR count). The van der Waals surface area contributed by atoms with E-state index in [0.717, 1.165) is 17.1 Å². The van der Waals surface area contributed by atoms with Crippen LogP contribution in [0.15, 0.2) is 17.6 Å². The number of quaternary nitrogens is 1. The Bertz CT molecular complexity index is 292. The molecule has 0 aliphatic carbocycles. The van der Waals surface area contributed by atoms with E-state index >= 15 is 0 Å². The molecule has 1 aromatic rings. The van der Waals surface area contributed by atoms with Gasteiger partial charge in [-0.2, -0.15) is 10.4 Å².